The standard InChI is InChI=1S/C20H21N5O2/c26-19-16(8-4-5-11-21-19)23-17-10-9-15(13-22-17)20-24-18(25-27-20)12-14-6-2-1-3-7-14/h1-3,6-7,9-10,13,16H,4-5,8,11-12H2,(H,21,26)(H,22,23)/t16-/m0/s1. The summed E-state index contributed by atoms with van der Waals surface area (Å²) in [6, 6.07) is 13.5. The van der Waals surface area contributed by atoms with E-state index in [0.717, 1.165) is 36.9 Å². The number of pyridine rings is 1. The quantitative estimate of drug-likeness (QED) is 0.724. The number of anilines is 1. The van der Waals surface area contributed by atoms with Crippen LogP contribution in [0.5, 0.6) is 0 Å². The summed E-state index contributed by atoms with van der Waals surface area (Å²) in [5, 5.41) is 10.2. The van der Waals surface area contributed by atoms with Gasteiger partial charge in [-0.1, -0.05) is 35.5 Å². The highest BCUT2D eigenvalue weighted by Gasteiger charge is 2.20. The molecule has 3 heterocycles. The number of benzene rings is 1. The number of carbonyl (C=O) groups is 1. The van der Waals surface area contributed by atoms with Gasteiger partial charge in [-0.2, -0.15) is 4.98 Å². The lowest BCUT2D eigenvalue weighted by molar-refractivity contribution is -0.121. The molecule has 1 aliphatic rings. The van der Waals surface area contributed by atoms with Gasteiger partial charge in [0.05, 0.1) is 5.56 Å². The Kier molecular flexibility index (Phi) is 5.09. The first-order valence-corrected chi connectivity index (χ1v) is 9.15. The highest BCUT2D eigenvalue weighted by Crippen LogP contribution is 2.19. The van der Waals surface area contributed by atoms with Crippen molar-refractivity contribution in [2.45, 2.75) is 31.7 Å². The van der Waals surface area contributed by atoms with Gasteiger partial charge in [-0.15, -0.1) is 0 Å². The predicted molar refractivity (Wildman–Crippen MR) is 101 cm³/mol. The van der Waals surface area contributed by atoms with Crippen molar-refractivity contribution < 1.29 is 9.32 Å². The monoisotopic (exact) mass is 363 g/mol. The van der Waals surface area contributed by atoms with E-state index in [9.17, 15) is 4.79 Å². The summed E-state index contributed by atoms with van der Waals surface area (Å²) >= 11 is 0. The van der Waals surface area contributed by atoms with Gasteiger partial charge < -0.3 is 15.2 Å². The second-order valence-electron chi connectivity index (χ2n) is 6.59. The SMILES string of the molecule is O=C1NCCCC[C@@H]1Nc1ccc(-c2nc(Cc3ccccc3)no2)cn1. The molecule has 1 saturated heterocycles. The molecule has 0 aliphatic carbocycles. The van der Waals surface area contributed by atoms with Crippen LogP contribution < -0.4 is 10.6 Å². The van der Waals surface area contributed by atoms with Crippen LogP contribution in [-0.4, -0.2) is 33.6 Å². The van der Waals surface area contributed by atoms with E-state index in [2.05, 4.69) is 25.8 Å². The van der Waals surface area contributed by atoms with E-state index in [1.165, 1.54) is 0 Å². The van der Waals surface area contributed by atoms with E-state index in [4.69, 9.17) is 4.52 Å². The molecule has 27 heavy (non-hydrogen) atoms. The van der Waals surface area contributed by atoms with Crippen molar-refractivity contribution in [3.63, 3.8) is 0 Å². The minimum absolute atomic E-state index is 0.0285. The zero-order chi connectivity index (χ0) is 18.5. The molecule has 138 valence electrons. The van der Waals surface area contributed by atoms with E-state index in [1.807, 2.05) is 42.5 Å². The van der Waals surface area contributed by atoms with E-state index < -0.39 is 0 Å². The van der Waals surface area contributed by atoms with E-state index >= 15 is 0 Å². The summed E-state index contributed by atoms with van der Waals surface area (Å²) in [5.74, 6) is 1.76. The topological polar surface area (TPSA) is 92.9 Å². The van der Waals surface area contributed by atoms with Crippen LogP contribution >= 0.6 is 0 Å². The van der Waals surface area contributed by atoms with Gasteiger partial charge in [-0.25, -0.2) is 4.98 Å². The lowest BCUT2D eigenvalue weighted by Crippen LogP contribution is -2.38. The van der Waals surface area contributed by atoms with Gasteiger partial charge in [0, 0.05) is 19.2 Å². The Balaban J connectivity index is 1.42. The lowest BCUT2D eigenvalue weighted by atomic mass is 10.1. The number of hydrogen-bond donors (Lipinski definition) is 2. The molecule has 0 saturated carbocycles. The van der Waals surface area contributed by atoms with E-state index in [0.29, 0.717) is 24.0 Å². The van der Waals surface area contributed by atoms with Crippen LogP contribution in [0.2, 0.25) is 0 Å². The number of carbonyl (C=O) groups excluding carboxylic acids is 1. The molecule has 3 aromatic rings. The van der Waals surface area contributed by atoms with Gasteiger partial charge >= 0.3 is 0 Å². The minimum Gasteiger partial charge on any atom is -0.358 e. The molecule has 0 radical (unpaired) electrons. The van der Waals surface area contributed by atoms with Crippen molar-refractivity contribution in [1.82, 2.24) is 20.4 Å². The molecular formula is C20H21N5O2. The molecule has 7 heteroatoms. The average Bonchev–Trinajstić information content (AvgIpc) is 3.07. The third-order valence-corrected chi connectivity index (χ3v) is 4.54. The first kappa shape index (κ1) is 17.2. The van der Waals surface area contributed by atoms with Crippen molar-refractivity contribution in [3.05, 3.63) is 60.0 Å². The maximum absolute atomic E-state index is 12.0. The third-order valence-electron chi connectivity index (χ3n) is 4.54. The summed E-state index contributed by atoms with van der Waals surface area (Å²) in [6.07, 6.45) is 5.13. The Morgan fingerprint density at radius 2 is 2.04 bits per heavy atom. The van der Waals surface area contributed by atoms with Crippen LogP contribution in [0.25, 0.3) is 11.5 Å². The summed E-state index contributed by atoms with van der Waals surface area (Å²) in [5.41, 5.74) is 1.88. The normalized spacial score (nSPS) is 17.2. The summed E-state index contributed by atoms with van der Waals surface area (Å²) in [6.45, 7) is 0.742. The number of amides is 1. The summed E-state index contributed by atoms with van der Waals surface area (Å²) in [7, 11) is 0. The van der Waals surface area contributed by atoms with Crippen molar-refractivity contribution in [3.8, 4) is 11.5 Å². The average molecular weight is 363 g/mol. The van der Waals surface area contributed by atoms with Gasteiger partial charge in [-0.05, 0) is 37.0 Å². The molecule has 0 spiro atoms. The van der Waals surface area contributed by atoms with Crippen LogP contribution in [0.15, 0.2) is 53.2 Å². The van der Waals surface area contributed by atoms with Crippen LogP contribution in [-0.2, 0) is 11.2 Å². The van der Waals surface area contributed by atoms with Gasteiger partial charge in [0.25, 0.3) is 5.89 Å². The Labute approximate surface area is 157 Å². The van der Waals surface area contributed by atoms with Crippen LogP contribution in [0.1, 0.15) is 30.7 Å². The smallest absolute Gasteiger partial charge is 0.259 e. The van der Waals surface area contributed by atoms with Gasteiger partial charge in [-0.3, -0.25) is 4.79 Å². The van der Waals surface area contributed by atoms with Crippen molar-refractivity contribution >= 4 is 11.7 Å². The molecule has 0 bridgehead atoms. The van der Waals surface area contributed by atoms with Crippen LogP contribution in [0.3, 0.4) is 0 Å². The predicted octanol–water partition coefficient (Wildman–Crippen LogP) is 2.80. The zero-order valence-corrected chi connectivity index (χ0v) is 14.9. The molecule has 2 aromatic heterocycles. The molecule has 0 unspecified atom stereocenters. The summed E-state index contributed by atoms with van der Waals surface area (Å²) < 4.78 is 5.36. The molecule has 1 aliphatic heterocycles. The Hall–Kier alpha value is -3.22. The first-order valence-electron chi connectivity index (χ1n) is 9.15. The number of aromatic nitrogens is 3. The highest BCUT2D eigenvalue weighted by molar-refractivity contribution is 5.84. The zero-order valence-electron chi connectivity index (χ0n) is 14.9. The molecule has 1 aromatic carbocycles. The van der Waals surface area contributed by atoms with Gasteiger partial charge in [0.1, 0.15) is 11.9 Å². The molecule has 7 nitrogen and oxygen atoms in total. The number of hydrogen-bond acceptors (Lipinski definition) is 6. The Bertz CT molecular complexity index is 892. The van der Waals surface area contributed by atoms with E-state index in [1.54, 1.807) is 6.20 Å². The fraction of sp³-hybridized carbons (Fsp3) is 0.300. The second-order valence-corrected chi connectivity index (χ2v) is 6.59. The van der Waals surface area contributed by atoms with Crippen LogP contribution in [0, 0.1) is 0 Å². The van der Waals surface area contributed by atoms with Crippen molar-refractivity contribution in [2.24, 2.45) is 0 Å². The van der Waals surface area contributed by atoms with Gasteiger partial charge in [0.2, 0.25) is 5.91 Å². The molecule has 2 N–H and O–H groups in total. The molecule has 4 rings (SSSR count). The number of nitrogens with one attached hydrogen (secondary N) is 2. The van der Waals surface area contributed by atoms with Crippen molar-refractivity contribution in [2.75, 3.05) is 11.9 Å². The fourth-order valence-electron chi connectivity index (χ4n) is 3.08. The minimum atomic E-state index is -0.244. The molecule has 1 fully saturated rings. The first-order chi connectivity index (χ1) is 13.3. The molecular weight excluding hydrogens is 342 g/mol. The summed E-state index contributed by atoms with van der Waals surface area (Å²) in [4.78, 5) is 20.9. The maximum Gasteiger partial charge on any atom is 0.259 e. The third kappa shape index (κ3) is 4.31. The molecule has 1 amide bonds. The fourth-order valence-corrected chi connectivity index (χ4v) is 3.08. The lowest BCUT2D eigenvalue weighted by Gasteiger charge is -2.15. The number of rotatable bonds is 5. The van der Waals surface area contributed by atoms with E-state index in [-0.39, 0.29) is 11.9 Å². The van der Waals surface area contributed by atoms with Crippen molar-refractivity contribution in [1.29, 1.82) is 0 Å². The van der Waals surface area contributed by atoms with Crippen LogP contribution in [0.4, 0.5) is 5.82 Å². The second kappa shape index (κ2) is 7.99. The Morgan fingerprint density at radius 1 is 1.15 bits per heavy atom. The molecule has 1 atom stereocenters. The largest absolute Gasteiger partial charge is 0.358 e. The number of nitrogens with zero attached hydrogens (tertiary/aromatic N) is 3. The van der Waals surface area contributed by atoms with Gasteiger partial charge in [0.15, 0.2) is 5.82 Å². The maximum atomic E-state index is 12.0. The Morgan fingerprint density at radius 3 is 2.85 bits per heavy atom. The highest BCUT2D eigenvalue weighted by atomic mass is 16.5.